The van der Waals surface area contributed by atoms with Gasteiger partial charge in [0.2, 0.25) is 0 Å². The SMILES string of the molecule is C=Nc1nc(C(=O)CC(=N)c2cc(-c3csc(OCCCN(C)C)n3)ccc2Cl)co1. The fraction of sp³-hybridized carbons (Fsp3) is 0.286. The van der Waals surface area contributed by atoms with Gasteiger partial charge in [0.1, 0.15) is 12.0 Å². The van der Waals surface area contributed by atoms with E-state index in [-0.39, 0.29) is 29.6 Å². The summed E-state index contributed by atoms with van der Waals surface area (Å²) in [6, 6.07) is 5.28. The van der Waals surface area contributed by atoms with Crippen molar-refractivity contribution in [1.29, 1.82) is 5.41 Å². The molecule has 3 aromatic rings. The number of oxazole rings is 1. The van der Waals surface area contributed by atoms with E-state index in [4.69, 9.17) is 26.2 Å². The number of hydrogen-bond acceptors (Lipinski definition) is 9. The Kier molecular flexibility index (Phi) is 7.67. The van der Waals surface area contributed by atoms with Crippen molar-refractivity contribution in [2.24, 2.45) is 4.99 Å². The van der Waals surface area contributed by atoms with Gasteiger partial charge in [-0.05, 0) is 39.4 Å². The zero-order valence-corrected chi connectivity index (χ0v) is 18.8. The molecule has 0 unspecified atom stereocenters. The number of aromatic nitrogens is 2. The summed E-state index contributed by atoms with van der Waals surface area (Å²) in [6.45, 7) is 4.83. The zero-order chi connectivity index (χ0) is 22.4. The Morgan fingerprint density at radius 1 is 1.39 bits per heavy atom. The molecule has 8 nitrogen and oxygen atoms in total. The molecule has 10 heteroatoms. The number of benzene rings is 1. The first-order valence-electron chi connectivity index (χ1n) is 9.43. The van der Waals surface area contributed by atoms with Gasteiger partial charge >= 0.3 is 6.01 Å². The van der Waals surface area contributed by atoms with E-state index in [1.807, 2.05) is 25.5 Å². The number of nitrogens with one attached hydrogen (secondary N) is 1. The maximum Gasteiger partial charge on any atom is 0.321 e. The van der Waals surface area contributed by atoms with Gasteiger partial charge in [-0.15, -0.1) is 0 Å². The summed E-state index contributed by atoms with van der Waals surface area (Å²) in [7, 11) is 4.04. The van der Waals surface area contributed by atoms with Crippen LogP contribution in [-0.2, 0) is 0 Å². The molecule has 2 heterocycles. The lowest BCUT2D eigenvalue weighted by atomic mass is 10.0. The summed E-state index contributed by atoms with van der Waals surface area (Å²) < 4.78 is 10.7. The predicted octanol–water partition coefficient (Wildman–Crippen LogP) is 4.75. The molecule has 2 aromatic heterocycles. The highest BCUT2D eigenvalue weighted by molar-refractivity contribution is 7.11. The fourth-order valence-electron chi connectivity index (χ4n) is 2.72. The van der Waals surface area contributed by atoms with Gasteiger partial charge in [-0.25, -0.2) is 9.98 Å². The third-order valence-corrected chi connectivity index (χ3v) is 5.38. The summed E-state index contributed by atoms with van der Waals surface area (Å²) in [4.78, 5) is 26.4. The minimum atomic E-state index is -0.368. The van der Waals surface area contributed by atoms with Gasteiger partial charge < -0.3 is 19.5 Å². The molecule has 0 aliphatic heterocycles. The summed E-state index contributed by atoms with van der Waals surface area (Å²) in [5.41, 5.74) is 2.14. The van der Waals surface area contributed by atoms with Crippen LogP contribution < -0.4 is 4.74 Å². The van der Waals surface area contributed by atoms with Gasteiger partial charge in [0.25, 0.3) is 5.19 Å². The van der Waals surface area contributed by atoms with Gasteiger partial charge in [-0.2, -0.15) is 4.98 Å². The van der Waals surface area contributed by atoms with Crippen LogP contribution in [0.15, 0.2) is 39.3 Å². The number of halogens is 1. The molecule has 0 aliphatic rings. The van der Waals surface area contributed by atoms with Crippen molar-refractivity contribution in [3.8, 4) is 16.5 Å². The third kappa shape index (κ3) is 6.06. The lowest BCUT2D eigenvalue weighted by Gasteiger charge is -2.09. The van der Waals surface area contributed by atoms with E-state index < -0.39 is 0 Å². The van der Waals surface area contributed by atoms with Crippen LogP contribution in [0.25, 0.3) is 11.3 Å². The lowest BCUT2D eigenvalue weighted by Crippen LogP contribution is -2.15. The monoisotopic (exact) mass is 459 g/mol. The van der Waals surface area contributed by atoms with Gasteiger partial charge in [-0.1, -0.05) is 29.0 Å². The van der Waals surface area contributed by atoms with Gasteiger partial charge in [0.05, 0.1) is 18.7 Å². The van der Waals surface area contributed by atoms with E-state index in [0.29, 0.717) is 22.4 Å². The molecule has 0 fully saturated rings. The number of hydrogen-bond donors (Lipinski definition) is 1. The molecule has 1 aromatic carbocycles. The molecule has 0 aliphatic carbocycles. The van der Waals surface area contributed by atoms with Gasteiger partial charge in [0.15, 0.2) is 5.78 Å². The van der Waals surface area contributed by atoms with Crippen LogP contribution in [0.3, 0.4) is 0 Å². The summed E-state index contributed by atoms with van der Waals surface area (Å²) in [5.74, 6) is -0.368. The first kappa shape index (κ1) is 22.8. The molecule has 3 rings (SSSR count). The van der Waals surface area contributed by atoms with E-state index in [1.54, 1.807) is 12.1 Å². The van der Waals surface area contributed by atoms with Crippen LogP contribution in [-0.4, -0.2) is 60.3 Å². The molecular formula is C21H22ClN5O3S. The number of thiazole rings is 1. The Hall–Kier alpha value is -2.88. The Labute approximate surface area is 189 Å². The molecule has 0 radical (unpaired) electrons. The van der Waals surface area contributed by atoms with Crippen molar-refractivity contribution < 1.29 is 13.9 Å². The molecule has 0 bridgehead atoms. The van der Waals surface area contributed by atoms with Crippen LogP contribution in [0.5, 0.6) is 5.19 Å². The number of ether oxygens (including phenoxy) is 1. The third-order valence-electron chi connectivity index (χ3n) is 4.30. The number of Topliss-reactive ketones (excluding diaryl/α,β-unsaturated/α-hetero) is 1. The second-order valence-corrected chi connectivity index (χ2v) is 8.18. The van der Waals surface area contributed by atoms with Crippen LogP contribution in [0.1, 0.15) is 28.9 Å². The van der Waals surface area contributed by atoms with Gasteiger partial charge in [-0.3, -0.25) is 4.79 Å². The number of ketones is 1. The molecular weight excluding hydrogens is 438 g/mol. The second kappa shape index (κ2) is 10.4. The lowest BCUT2D eigenvalue weighted by molar-refractivity contribution is 0.0996. The fourth-order valence-corrected chi connectivity index (χ4v) is 3.66. The average Bonchev–Trinajstić information content (AvgIpc) is 3.41. The number of carbonyl (C=O) groups excluding carboxylic acids is 1. The minimum Gasteiger partial charge on any atom is -0.470 e. The van der Waals surface area contributed by atoms with Gasteiger partial charge in [0, 0.05) is 33.8 Å². The number of aliphatic imine (C=N–C) groups is 1. The Morgan fingerprint density at radius 3 is 2.90 bits per heavy atom. The van der Waals surface area contributed by atoms with Crippen LogP contribution in [0.2, 0.25) is 5.02 Å². The quantitative estimate of drug-likeness (QED) is 0.252. The first-order chi connectivity index (χ1) is 14.9. The first-order valence-corrected chi connectivity index (χ1v) is 10.7. The summed E-state index contributed by atoms with van der Waals surface area (Å²) >= 11 is 7.71. The topological polar surface area (TPSA) is 105 Å². The Morgan fingerprint density at radius 2 is 2.19 bits per heavy atom. The second-order valence-electron chi connectivity index (χ2n) is 6.95. The molecule has 0 saturated carbocycles. The summed E-state index contributed by atoms with van der Waals surface area (Å²) in [6.07, 6.45) is 1.94. The standard InChI is InChI=1S/C21H22ClN5O3S/c1-24-20-25-17(11-30-20)19(28)10-16(23)14-9-13(5-6-15(14)22)18-12-31-21(26-18)29-8-4-7-27(2)3/h5-6,9,11-12,23H,1,4,7-8,10H2,2-3H3. The normalized spacial score (nSPS) is 11.0. The van der Waals surface area contributed by atoms with E-state index in [9.17, 15) is 4.79 Å². The van der Waals surface area contributed by atoms with Crippen molar-refractivity contribution in [1.82, 2.24) is 14.9 Å². The molecule has 1 N–H and O–H groups in total. The molecule has 0 saturated heterocycles. The maximum atomic E-state index is 12.4. The van der Waals surface area contributed by atoms with Crippen LogP contribution in [0, 0.1) is 5.41 Å². The smallest absolute Gasteiger partial charge is 0.321 e. The molecule has 0 atom stereocenters. The van der Waals surface area contributed by atoms with Crippen LogP contribution >= 0.6 is 22.9 Å². The largest absolute Gasteiger partial charge is 0.470 e. The molecule has 0 spiro atoms. The highest BCUT2D eigenvalue weighted by Crippen LogP contribution is 2.30. The van der Waals surface area contributed by atoms with E-state index in [1.165, 1.54) is 17.6 Å². The predicted molar refractivity (Wildman–Crippen MR) is 123 cm³/mol. The molecule has 0 amide bonds. The van der Waals surface area contributed by atoms with Crippen molar-refractivity contribution >= 4 is 47.2 Å². The molecule has 31 heavy (non-hydrogen) atoms. The molecule has 162 valence electrons. The highest BCUT2D eigenvalue weighted by atomic mass is 35.5. The van der Waals surface area contributed by atoms with Crippen molar-refractivity contribution in [2.45, 2.75) is 12.8 Å². The Balaban J connectivity index is 1.69. The minimum absolute atomic E-state index is 0.0122. The highest BCUT2D eigenvalue weighted by Gasteiger charge is 2.18. The Bertz CT molecular complexity index is 1090. The zero-order valence-electron chi connectivity index (χ0n) is 17.2. The van der Waals surface area contributed by atoms with Crippen molar-refractivity contribution in [2.75, 3.05) is 27.2 Å². The van der Waals surface area contributed by atoms with E-state index in [2.05, 4.69) is 26.6 Å². The summed E-state index contributed by atoms with van der Waals surface area (Å²) in [5, 5.41) is 11.2. The number of rotatable bonds is 11. The van der Waals surface area contributed by atoms with Crippen molar-refractivity contribution in [3.63, 3.8) is 0 Å². The van der Waals surface area contributed by atoms with E-state index in [0.717, 1.165) is 24.2 Å². The van der Waals surface area contributed by atoms with Crippen molar-refractivity contribution in [3.05, 3.63) is 46.1 Å². The van der Waals surface area contributed by atoms with E-state index >= 15 is 0 Å². The maximum absolute atomic E-state index is 12.4. The average molecular weight is 460 g/mol. The number of carbonyl (C=O) groups is 1. The number of nitrogens with zero attached hydrogens (tertiary/aromatic N) is 4. The van der Waals surface area contributed by atoms with Crippen LogP contribution in [0.4, 0.5) is 6.01 Å².